The van der Waals surface area contributed by atoms with Gasteiger partial charge in [-0.05, 0) is 36.8 Å². The van der Waals surface area contributed by atoms with Crippen LogP contribution in [0.15, 0.2) is 12.3 Å². The fraction of sp³-hybridized carbons (Fsp3) is 0.696. The van der Waals surface area contributed by atoms with Crippen LogP contribution >= 0.6 is 0 Å². The molecule has 2 saturated heterocycles. The lowest BCUT2D eigenvalue weighted by atomic mass is 9.78. The summed E-state index contributed by atoms with van der Waals surface area (Å²) >= 11 is 0. The number of alkyl halides is 3. The second-order valence-corrected chi connectivity index (χ2v) is 10.2. The van der Waals surface area contributed by atoms with E-state index in [-0.39, 0.29) is 43.6 Å². The number of nitrogens with two attached hydrogens (primary N) is 1. The van der Waals surface area contributed by atoms with Crippen LogP contribution in [0.3, 0.4) is 0 Å². The number of amides is 3. The second kappa shape index (κ2) is 8.90. The number of rotatable bonds is 3. The zero-order valence-corrected chi connectivity index (χ0v) is 19.3. The molecule has 1 aliphatic carbocycles. The van der Waals surface area contributed by atoms with Crippen molar-refractivity contribution in [3.63, 3.8) is 0 Å². The van der Waals surface area contributed by atoms with Gasteiger partial charge >= 0.3 is 12.2 Å². The number of hydrogen-bond donors (Lipinski definition) is 3. The summed E-state index contributed by atoms with van der Waals surface area (Å²) in [5.41, 5.74) is 4.82. The Bertz CT molecular complexity index is 1010. The number of carbonyl (C=O) groups excluding carboxylic acids is 2. The SMILES string of the molecule is NC(=O)N1C[C@@H]2C[C@@H](N[C@@H]3CCOC[C@@H]3O)C[C@]2(C(=O)N2CCc3ncc(C(F)(F)F)cc3C2)C1. The number of nitrogens with one attached hydrogen (secondary N) is 1. The summed E-state index contributed by atoms with van der Waals surface area (Å²) in [5, 5.41) is 13.8. The number of halogens is 3. The standard InChI is InChI=1S/C23H30F3N5O4/c24-23(25,26)14-5-13-9-30(3-1-17(13)28-8-14)20(33)22-7-16(29-18-2-4-35-11-19(18)32)6-15(22)10-31(12-22)21(27)34/h5,8,15-16,18-19,29,32H,1-4,6-7,9-12H2,(H2,27,34)/t15-,16+,18+,19-,22-/m0/s1. The molecule has 9 nitrogen and oxygen atoms in total. The van der Waals surface area contributed by atoms with Gasteiger partial charge in [-0.3, -0.25) is 9.78 Å². The van der Waals surface area contributed by atoms with E-state index in [2.05, 4.69) is 10.3 Å². The number of ether oxygens (including phenoxy) is 1. The number of carbonyl (C=O) groups is 2. The first-order valence-electron chi connectivity index (χ1n) is 12.0. The van der Waals surface area contributed by atoms with E-state index in [0.29, 0.717) is 56.6 Å². The Balaban J connectivity index is 1.36. The van der Waals surface area contributed by atoms with E-state index >= 15 is 0 Å². The van der Waals surface area contributed by atoms with Gasteiger partial charge < -0.3 is 30.7 Å². The highest BCUT2D eigenvalue weighted by molar-refractivity contribution is 5.86. The van der Waals surface area contributed by atoms with Crippen LogP contribution in [0.25, 0.3) is 0 Å². The Morgan fingerprint density at radius 3 is 2.83 bits per heavy atom. The van der Waals surface area contributed by atoms with Crippen molar-refractivity contribution in [2.45, 2.75) is 56.6 Å². The average Bonchev–Trinajstić information content (AvgIpc) is 3.34. The first kappa shape index (κ1) is 24.3. The van der Waals surface area contributed by atoms with E-state index in [1.807, 2.05) is 0 Å². The Hall–Kier alpha value is -2.44. The van der Waals surface area contributed by atoms with E-state index in [4.69, 9.17) is 10.5 Å². The lowest BCUT2D eigenvalue weighted by Crippen LogP contribution is -2.52. The molecule has 4 aliphatic rings. The number of likely N-dealkylation sites (tertiary alicyclic amines) is 1. The number of nitrogens with zero attached hydrogens (tertiary/aromatic N) is 3. The predicted molar refractivity (Wildman–Crippen MR) is 117 cm³/mol. The molecule has 192 valence electrons. The summed E-state index contributed by atoms with van der Waals surface area (Å²) in [7, 11) is 0. The molecule has 3 aliphatic heterocycles. The smallest absolute Gasteiger partial charge is 0.389 e. The van der Waals surface area contributed by atoms with E-state index in [1.165, 1.54) is 4.90 Å². The largest absolute Gasteiger partial charge is 0.417 e. The van der Waals surface area contributed by atoms with Crippen LogP contribution in [0.2, 0.25) is 0 Å². The fourth-order valence-corrected chi connectivity index (χ4v) is 6.29. The first-order chi connectivity index (χ1) is 16.6. The molecule has 35 heavy (non-hydrogen) atoms. The normalized spacial score (nSPS) is 32.9. The molecule has 0 radical (unpaired) electrons. The molecule has 5 atom stereocenters. The average molecular weight is 498 g/mol. The van der Waals surface area contributed by atoms with E-state index < -0.39 is 29.3 Å². The second-order valence-electron chi connectivity index (χ2n) is 10.2. The van der Waals surface area contributed by atoms with Crippen LogP contribution in [-0.4, -0.2) is 82.9 Å². The van der Waals surface area contributed by atoms with Crippen LogP contribution in [0.5, 0.6) is 0 Å². The molecule has 1 saturated carbocycles. The summed E-state index contributed by atoms with van der Waals surface area (Å²) in [6.07, 6.45) is -2.16. The molecule has 4 N–H and O–H groups in total. The lowest BCUT2D eigenvalue weighted by molar-refractivity contribution is -0.143. The Labute approximate surface area is 200 Å². The Morgan fingerprint density at radius 1 is 1.31 bits per heavy atom. The van der Waals surface area contributed by atoms with Crippen molar-refractivity contribution in [3.8, 4) is 0 Å². The van der Waals surface area contributed by atoms with Crippen molar-refractivity contribution in [1.82, 2.24) is 20.1 Å². The Kier molecular flexibility index (Phi) is 6.17. The molecule has 4 heterocycles. The maximum Gasteiger partial charge on any atom is 0.417 e. The maximum atomic E-state index is 14.0. The zero-order valence-electron chi connectivity index (χ0n) is 19.3. The van der Waals surface area contributed by atoms with Crippen molar-refractivity contribution in [3.05, 3.63) is 29.1 Å². The summed E-state index contributed by atoms with van der Waals surface area (Å²) < 4.78 is 44.9. The minimum Gasteiger partial charge on any atom is -0.389 e. The fourth-order valence-electron chi connectivity index (χ4n) is 6.29. The molecular formula is C23H30F3N5O4. The van der Waals surface area contributed by atoms with Gasteiger partial charge in [-0.15, -0.1) is 0 Å². The third-order valence-corrected chi connectivity index (χ3v) is 8.04. The zero-order chi connectivity index (χ0) is 25.0. The van der Waals surface area contributed by atoms with Crippen molar-refractivity contribution in [2.24, 2.45) is 17.1 Å². The number of aromatic nitrogens is 1. The highest BCUT2D eigenvalue weighted by atomic mass is 19.4. The predicted octanol–water partition coefficient (Wildman–Crippen LogP) is 0.884. The summed E-state index contributed by atoms with van der Waals surface area (Å²) in [6, 6.07) is 0.319. The summed E-state index contributed by atoms with van der Waals surface area (Å²) in [6.45, 7) is 1.75. The van der Waals surface area contributed by atoms with Crippen LogP contribution in [0, 0.1) is 11.3 Å². The van der Waals surface area contributed by atoms with Crippen LogP contribution in [0.4, 0.5) is 18.0 Å². The first-order valence-corrected chi connectivity index (χ1v) is 12.0. The molecule has 1 aromatic rings. The molecule has 0 spiro atoms. The van der Waals surface area contributed by atoms with Gasteiger partial charge in [-0.1, -0.05) is 0 Å². The molecule has 0 unspecified atom stereocenters. The molecule has 3 fully saturated rings. The van der Waals surface area contributed by atoms with E-state index in [9.17, 15) is 27.9 Å². The van der Waals surface area contributed by atoms with Crippen molar-refractivity contribution < 1.29 is 32.6 Å². The van der Waals surface area contributed by atoms with Crippen molar-refractivity contribution in [2.75, 3.05) is 32.8 Å². The third kappa shape index (κ3) is 4.47. The Morgan fingerprint density at radius 2 is 2.11 bits per heavy atom. The molecule has 0 bridgehead atoms. The number of hydrogen-bond acceptors (Lipinski definition) is 6. The maximum absolute atomic E-state index is 14.0. The third-order valence-electron chi connectivity index (χ3n) is 8.04. The number of urea groups is 1. The molecule has 5 rings (SSSR count). The highest BCUT2D eigenvalue weighted by Crippen LogP contribution is 2.50. The summed E-state index contributed by atoms with van der Waals surface area (Å²) in [5.74, 6) is -0.288. The van der Waals surface area contributed by atoms with Gasteiger partial charge in [0.15, 0.2) is 0 Å². The number of aliphatic hydroxyl groups is 1. The van der Waals surface area contributed by atoms with E-state index in [1.54, 1.807) is 4.90 Å². The van der Waals surface area contributed by atoms with E-state index in [0.717, 1.165) is 12.3 Å². The molecule has 12 heteroatoms. The minimum absolute atomic E-state index is 0.0349. The summed E-state index contributed by atoms with van der Waals surface area (Å²) in [4.78, 5) is 33.0. The van der Waals surface area contributed by atoms with Gasteiger partial charge in [0.25, 0.3) is 0 Å². The number of primary amides is 1. The van der Waals surface area contributed by atoms with Crippen LogP contribution in [0.1, 0.15) is 36.1 Å². The molecule has 1 aromatic heterocycles. The molecular weight excluding hydrogens is 467 g/mol. The van der Waals surface area contributed by atoms with Gasteiger partial charge in [-0.2, -0.15) is 13.2 Å². The quantitative estimate of drug-likeness (QED) is 0.570. The lowest BCUT2D eigenvalue weighted by Gasteiger charge is -2.37. The highest BCUT2D eigenvalue weighted by Gasteiger charge is 2.59. The molecule has 0 aromatic carbocycles. The van der Waals surface area contributed by atoms with Crippen molar-refractivity contribution >= 4 is 11.9 Å². The minimum atomic E-state index is -4.51. The van der Waals surface area contributed by atoms with Gasteiger partial charge in [0, 0.05) is 63.2 Å². The molecule has 3 amide bonds. The van der Waals surface area contributed by atoms with Crippen LogP contribution in [-0.2, 0) is 28.7 Å². The van der Waals surface area contributed by atoms with Gasteiger partial charge in [0.1, 0.15) is 0 Å². The number of pyridine rings is 1. The van der Waals surface area contributed by atoms with Crippen molar-refractivity contribution in [1.29, 1.82) is 0 Å². The van der Waals surface area contributed by atoms with Gasteiger partial charge in [-0.25, -0.2) is 4.79 Å². The number of aliphatic hydroxyl groups excluding tert-OH is 1. The monoisotopic (exact) mass is 497 g/mol. The number of fused-ring (bicyclic) bond motifs is 2. The van der Waals surface area contributed by atoms with Crippen LogP contribution < -0.4 is 11.1 Å². The topological polar surface area (TPSA) is 121 Å². The van der Waals surface area contributed by atoms with Gasteiger partial charge in [0.2, 0.25) is 5.91 Å². The van der Waals surface area contributed by atoms with Gasteiger partial charge in [0.05, 0.1) is 23.7 Å².